The molecule has 2 rings (SSSR count). The fourth-order valence-corrected chi connectivity index (χ4v) is 1.65. The second-order valence-corrected chi connectivity index (χ2v) is 3.63. The summed E-state index contributed by atoms with van der Waals surface area (Å²) in [6, 6.07) is 0. The molecule has 0 unspecified atom stereocenters. The first kappa shape index (κ1) is 11.1. The van der Waals surface area contributed by atoms with Gasteiger partial charge in [-0.15, -0.1) is 0 Å². The van der Waals surface area contributed by atoms with Crippen molar-refractivity contribution < 1.29 is 19.5 Å². The van der Waals surface area contributed by atoms with E-state index in [1.807, 2.05) is 0 Å². The van der Waals surface area contributed by atoms with Crippen LogP contribution in [0.2, 0.25) is 0 Å². The maximum atomic E-state index is 11.5. The van der Waals surface area contributed by atoms with Gasteiger partial charge in [0.25, 0.3) is 5.91 Å². The van der Waals surface area contributed by atoms with Crippen LogP contribution in [0.4, 0.5) is 5.82 Å². The first-order chi connectivity index (χ1) is 7.99. The quantitative estimate of drug-likeness (QED) is 0.565. The molecule has 0 spiro atoms. The van der Waals surface area contributed by atoms with E-state index in [9.17, 15) is 14.4 Å². The number of nitrogens with zero attached hydrogens (tertiary/aromatic N) is 2. The third kappa shape index (κ3) is 1.96. The Labute approximate surface area is 95.4 Å². The molecule has 1 aliphatic heterocycles. The zero-order valence-electron chi connectivity index (χ0n) is 8.77. The molecule has 1 aromatic heterocycles. The highest BCUT2D eigenvalue weighted by Gasteiger charge is 2.29. The van der Waals surface area contributed by atoms with Gasteiger partial charge >= 0.3 is 5.97 Å². The predicted octanol–water partition coefficient (Wildman–Crippen LogP) is -1.25. The monoisotopic (exact) mass is 238 g/mol. The summed E-state index contributed by atoms with van der Waals surface area (Å²) in [5.41, 5.74) is 6.14. The van der Waals surface area contributed by atoms with Gasteiger partial charge in [0.05, 0.1) is 25.1 Å². The molecule has 2 heterocycles. The molecule has 17 heavy (non-hydrogen) atoms. The summed E-state index contributed by atoms with van der Waals surface area (Å²) in [6.45, 7) is 0.0651. The molecule has 0 saturated carbocycles. The van der Waals surface area contributed by atoms with Gasteiger partial charge in [0.1, 0.15) is 11.4 Å². The first-order valence-electron chi connectivity index (χ1n) is 4.90. The third-order valence-electron chi connectivity index (χ3n) is 2.41. The van der Waals surface area contributed by atoms with E-state index in [0.29, 0.717) is 5.69 Å². The van der Waals surface area contributed by atoms with Gasteiger partial charge in [-0.3, -0.25) is 19.7 Å². The molecule has 90 valence electrons. The molecule has 0 bridgehead atoms. The number of hydrogen-bond acceptors (Lipinski definition) is 5. The fraction of sp³-hybridized carbons (Fsp3) is 0.333. The molecule has 8 heteroatoms. The summed E-state index contributed by atoms with van der Waals surface area (Å²) in [4.78, 5) is 33.0. The van der Waals surface area contributed by atoms with Crippen LogP contribution in [0.15, 0.2) is 0 Å². The van der Waals surface area contributed by atoms with Crippen molar-refractivity contribution in [3.8, 4) is 0 Å². The lowest BCUT2D eigenvalue weighted by molar-refractivity contribution is -0.137. The van der Waals surface area contributed by atoms with Gasteiger partial charge in [0.2, 0.25) is 5.91 Å². The summed E-state index contributed by atoms with van der Waals surface area (Å²) in [7, 11) is 0. The number of hydrogen-bond donors (Lipinski definition) is 3. The Morgan fingerprint density at radius 1 is 1.53 bits per heavy atom. The number of nitrogen functional groups attached to an aromatic ring is 1. The van der Waals surface area contributed by atoms with E-state index in [4.69, 9.17) is 10.8 Å². The van der Waals surface area contributed by atoms with Gasteiger partial charge in [-0.2, -0.15) is 5.10 Å². The van der Waals surface area contributed by atoms with Crippen molar-refractivity contribution in [1.29, 1.82) is 0 Å². The minimum absolute atomic E-state index is 0.0225. The molecule has 1 aliphatic rings. The summed E-state index contributed by atoms with van der Waals surface area (Å²) in [5, 5.41) is 14.6. The molecule has 0 saturated heterocycles. The summed E-state index contributed by atoms with van der Waals surface area (Å²) < 4.78 is 1.23. The number of carbonyl (C=O) groups is 3. The number of nitrogens with two attached hydrogens (primary N) is 1. The molecular formula is C9H10N4O4. The van der Waals surface area contributed by atoms with E-state index < -0.39 is 17.8 Å². The van der Waals surface area contributed by atoms with Crippen LogP contribution in [0.5, 0.6) is 0 Å². The second kappa shape index (κ2) is 3.89. The van der Waals surface area contributed by atoms with E-state index in [2.05, 4.69) is 10.4 Å². The topological polar surface area (TPSA) is 127 Å². The van der Waals surface area contributed by atoms with Crippen LogP contribution >= 0.6 is 0 Å². The van der Waals surface area contributed by atoms with Crippen molar-refractivity contribution in [2.75, 3.05) is 5.73 Å². The van der Waals surface area contributed by atoms with Gasteiger partial charge in [-0.05, 0) is 0 Å². The maximum Gasteiger partial charge on any atom is 0.305 e. The highest BCUT2D eigenvalue weighted by molar-refractivity contribution is 6.11. The smallest absolute Gasteiger partial charge is 0.305 e. The van der Waals surface area contributed by atoms with E-state index in [0.717, 1.165) is 0 Å². The molecular weight excluding hydrogens is 228 g/mol. The number of imide groups is 1. The molecule has 4 N–H and O–H groups in total. The van der Waals surface area contributed by atoms with E-state index in [1.54, 1.807) is 0 Å². The molecule has 0 atom stereocenters. The number of carboxylic acids is 1. The Morgan fingerprint density at radius 2 is 2.24 bits per heavy atom. The van der Waals surface area contributed by atoms with Crippen LogP contribution in [-0.2, 0) is 22.6 Å². The number of aromatic nitrogens is 2. The third-order valence-corrected chi connectivity index (χ3v) is 2.41. The number of rotatable bonds is 3. The summed E-state index contributed by atoms with van der Waals surface area (Å²) in [6.07, 6.45) is -0.175. The predicted molar refractivity (Wildman–Crippen MR) is 55.1 cm³/mol. The Kier molecular flexibility index (Phi) is 2.54. The SMILES string of the molecule is Nc1c2c(nn1CCC(=O)O)CC(=O)NC2=O. The number of anilines is 1. The zero-order chi connectivity index (χ0) is 12.6. The normalized spacial score (nSPS) is 14.4. The van der Waals surface area contributed by atoms with Crippen LogP contribution in [0.3, 0.4) is 0 Å². The molecule has 0 radical (unpaired) electrons. The van der Waals surface area contributed by atoms with Crippen LogP contribution in [-0.4, -0.2) is 32.7 Å². The standard InChI is InChI=1S/C9H10N4O4/c10-8-7-4(3-5(14)11-9(7)17)12-13(8)2-1-6(15)16/h1-3,10H2,(H,15,16)(H,11,14,17). The highest BCUT2D eigenvalue weighted by atomic mass is 16.4. The Hall–Kier alpha value is -2.38. The second-order valence-electron chi connectivity index (χ2n) is 3.63. The molecule has 2 amide bonds. The van der Waals surface area contributed by atoms with Crippen LogP contribution in [0, 0.1) is 0 Å². The van der Waals surface area contributed by atoms with Crippen molar-refractivity contribution in [3.05, 3.63) is 11.3 Å². The van der Waals surface area contributed by atoms with Gasteiger partial charge in [-0.25, -0.2) is 4.68 Å². The number of carboxylic acid groups (broad SMARTS) is 1. The van der Waals surface area contributed by atoms with Crippen molar-refractivity contribution in [2.24, 2.45) is 0 Å². The number of carbonyl (C=O) groups excluding carboxylic acids is 2. The van der Waals surface area contributed by atoms with Crippen molar-refractivity contribution in [3.63, 3.8) is 0 Å². The van der Waals surface area contributed by atoms with E-state index in [1.165, 1.54) is 4.68 Å². The molecule has 1 aromatic rings. The molecule has 0 aliphatic carbocycles. The van der Waals surface area contributed by atoms with Crippen molar-refractivity contribution in [2.45, 2.75) is 19.4 Å². The van der Waals surface area contributed by atoms with E-state index in [-0.39, 0.29) is 30.8 Å². The lowest BCUT2D eigenvalue weighted by atomic mass is 10.1. The maximum absolute atomic E-state index is 11.5. The van der Waals surface area contributed by atoms with Crippen molar-refractivity contribution in [1.82, 2.24) is 15.1 Å². The number of aliphatic carboxylic acids is 1. The minimum atomic E-state index is -0.988. The average molecular weight is 238 g/mol. The van der Waals surface area contributed by atoms with Crippen LogP contribution in [0.25, 0.3) is 0 Å². The van der Waals surface area contributed by atoms with Gasteiger partial charge in [0, 0.05) is 0 Å². The number of fused-ring (bicyclic) bond motifs is 1. The Morgan fingerprint density at radius 3 is 2.88 bits per heavy atom. The fourth-order valence-electron chi connectivity index (χ4n) is 1.65. The van der Waals surface area contributed by atoms with E-state index >= 15 is 0 Å². The largest absolute Gasteiger partial charge is 0.481 e. The van der Waals surface area contributed by atoms with Crippen LogP contribution in [0.1, 0.15) is 22.5 Å². The van der Waals surface area contributed by atoms with Gasteiger partial charge in [0.15, 0.2) is 0 Å². The zero-order valence-corrected chi connectivity index (χ0v) is 8.77. The van der Waals surface area contributed by atoms with Gasteiger partial charge < -0.3 is 10.8 Å². The number of nitrogens with one attached hydrogen (secondary N) is 1. The average Bonchev–Trinajstić information content (AvgIpc) is 2.52. The van der Waals surface area contributed by atoms with Crippen LogP contribution < -0.4 is 11.1 Å². The Bertz CT molecular complexity index is 519. The molecule has 8 nitrogen and oxygen atoms in total. The lowest BCUT2D eigenvalue weighted by Crippen LogP contribution is -2.37. The van der Waals surface area contributed by atoms with Crippen molar-refractivity contribution >= 4 is 23.6 Å². The van der Waals surface area contributed by atoms with Gasteiger partial charge in [-0.1, -0.05) is 0 Å². The minimum Gasteiger partial charge on any atom is -0.481 e. The first-order valence-corrected chi connectivity index (χ1v) is 4.90. The number of amides is 2. The highest BCUT2D eigenvalue weighted by Crippen LogP contribution is 2.20. The summed E-state index contributed by atoms with van der Waals surface area (Å²) >= 11 is 0. The Balaban J connectivity index is 2.32. The molecule has 0 aromatic carbocycles. The lowest BCUT2D eigenvalue weighted by Gasteiger charge is -2.09. The summed E-state index contributed by atoms with van der Waals surface area (Å²) in [5.74, 6) is -1.93. The number of aryl methyl sites for hydroxylation is 1. The molecule has 0 fully saturated rings.